The van der Waals surface area contributed by atoms with Crippen LogP contribution in [0.15, 0.2) is 41.3 Å². The number of phenols is 1. The fourth-order valence-electron chi connectivity index (χ4n) is 3.90. The average Bonchev–Trinajstić information content (AvgIpc) is 3.05. The highest BCUT2D eigenvalue weighted by Crippen LogP contribution is 2.36. The number of fused-ring (bicyclic) bond motifs is 1. The number of aryl methyl sites for hydroxylation is 1. The standard InChI is InChI=1S/C24H33NO4S.ClH/c1-23(2,3)29-21-14-17(10-11-20(21)26)12-13-24(4,5)25-15-18-8-7-9-22(19(18)16-25)30(6,27)28;/h7-11,14,26H,12-13,15-16H2,1-6H3;1H. The minimum absolute atomic E-state index is 0. The molecule has 3 rings (SSSR count). The third-order valence-corrected chi connectivity index (χ3v) is 6.84. The van der Waals surface area contributed by atoms with Crippen LogP contribution in [0.2, 0.25) is 0 Å². The molecule has 1 heterocycles. The van der Waals surface area contributed by atoms with E-state index in [1.54, 1.807) is 12.1 Å². The van der Waals surface area contributed by atoms with Gasteiger partial charge in [-0.25, -0.2) is 8.42 Å². The van der Waals surface area contributed by atoms with Crippen LogP contribution in [0.5, 0.6) is 11.5 Å². The van der Waals surface area contributed by atoms with Crippen molar-refractivity contribution in [2.75, 3.05) is 6.26 Å². The molecule has 0 unspecified atom stereocenters. The molecule has 0 saturated carbocycles. The van der Waals surface area contributed by atoms with Crippen molar-refractivity contribution < 1.29 is 18.3 Å². The number of sulfone groups is 1. The molecule has 2 aromatic rings. The second-order valence-corrected chi connectivity index (χ2v) is 11.8. The number of nitrogens with zero attached hydrogens (tertiary/aromatic N) is 1. The van der Waals surface area contributed by atoms with Crippen molar-refractivity contribution in [3.8, 4) is 11.5 Å². The molecule has 2 aromatic carbocycles. The van der Waals surface area contributed by atoms with Gasteiger partial charge in [-0.3, -0.25) is 4.90 Å². The predicted octanol–water partition coefficient (Wildman–Crippen LogP) is 5.12. The molecule has 5 nitrogen and oxygen atoms in total. The molecule has 0 amide bonds. The third-order valence-electron chi connectivity index (χ3n) is 5.66. The summed E-state index contributed by atoms with van der Waals surface area (Å²) < 4.78 is 30.2. The maximum atomic E-state index is 12.2. The van der Waals surface area contributed by atoms with Crippen molar-refractivity contribution in [3.05, 3.63) is 53.1 Å². The highest BCUT2D eigenvalue weighted by atomic mass is 35.5. The summed E-state index contributed by atoms with van der Waals surface area (Å²) in [7, 11) is -3.24. The molecular formula is C24H34ClNO4S. The molecule has 0 saturated heterocycles. The van der Waals surface area contributed by atoms with E-state index >= 15 is 0 Å². The lowest BCUT2D eigenvalue weighted by atomic mass is 9.93. The molecule has 0 aromatic heterocycles. The second kappa shape index (κ2) is 9.00. The predicted molar refractivity (Wildman–Crippen MR) is 127 cm³/mol. The van der Waals surface area contributed by atoms with Gasteiger partial charge < -0.3 is 9.84 Å². The zero-order valence-electron chi connectivity index (χ0n) is 19.2. The van der Waals surface area contributed by atoms with Gasteiger partial charge in [0.15, 0.2) is 21.3 Å². The van der Waals surface area contributed by atoms with Crippen molar-refractivity contribution in [1.29, 1.82) is 0 Å². The Morgan fingerprint density at radius 2 is 1.74 bits per heavy atom. The van der Waals surface area contributed by atoms with Gasteiger partial charge in [-0.1, -0.05) is 18.2 Å². The lowest BCUT2D eigenvalue weighted by molar-refractivity contribution is 0.109. The SMILES string of the molecule is CC(C)(C)Oc1cc(CCC(C)(C)N2Cc3cccc(S(C)(=O)=O)c3C2)ccc1O.Cl. The van der Waals surface area contributed by atoms with Gasteiger partial charge in [-0.2, -0.15) is 0 Å². The maximum Gasteiger partial charge on any atom is 0.175 e. The number of halogens is 1. The molecule has 0 atom stereocenters. The number of hydrogen-bond donors (Lipinski definition) is 1. The molecule has 172 valence electrons. The van der Waals surface area contributed by atoms with E-state index in [9.17, 15) is 13.5 Å². The Hall–Kier alpha value is -1.76. The monoisotopic (exact) mass is 467 g/mol. The Kier molecular flexibility index (Phi) is 7.41. The number of benzene rings is 2. The first-order valence-electron chi connectivity index (χ1n) is 10.3. The number of rotatable bonds is 6. The van der Waals surface area contributed by atoms with Crippen LogP contribution >= 0.6 is 12.4 Å². The van der Waals surface area contributed by atoms with Crippen molar-refractivity contribution in [2.45, 2.75) is 76.6 Å². The fourth-order valence-corrected chi connectivity index (χ4v) is 4.87. The normalized spacial score (nSPS) is 14.8. The van der Waals surface area contributed by atoms with Gasteiger partial charge >= 0.3 is 0 Å². The van der Waals surface area contributed by atoms with E-state index in [-0.39, 0.29) is 29.3 Å². The van der Waals surface area contributed by atoms with E-state index in [1.165, 1.54) is 6.26 Å². The summed E-state index contributed by atoms with van der Waals surface area (Å²) in [6.07, 6.45) is 3.01. The minimum atomic E-state index is -3.24. The summed E-state index contributed by atoms with van der Waals surface area (Å²) in [6, 6.07) is 11.1. The molecule has 1 aliphatic heterocycles. The van der Waals surface area contributed by atoms with Gasteiger partial charge in [0, 0.05) is 24.9 Å². The quantitative estimate of drug-likeness (QED) is 0.638. The highest BCUT2D eigenvalue weighted by Gasteiger charge is 2.34. The van der Waals surface area contributed by atoms with Crippen LogP contribution in [0.4, 0.5) is 0 Å². The van der Waals surface area contributed by atoms with Crippen molar-refractivity contribution >= 4 is 22.2 Å². The molecule has 7 heteroatoms. The molecule has 1 aliphatic rings. The molecule has 0 spiro atoms. The topological polar surface area (TPSA) is 66.8 Å². The Bertz CT molecular complexity index is 1040. The molecule has 0 radical (unpaired) electrons. The van der Waals surface area contributed by atoms with Gasteiger partial charge in [0.05, 0.1) is 4.90 Å². The minimum Gasteiger partial charge on any atom is -0.504 e. The van der Waals surface area contributed by atoms with Gasteiger partial charge in [0.2, 0.25) is 0 Å². The van der Waals surface area contributed by atoms with Crippen LogP contribution in [-0.2, 0) is 29.3 Å². The van der Waals surface area contributed by atoms with Crippen LogP contribution < -0.4 is 4.74 Å². The zero-order chi connectivity index (χ0) is 22.3. The summed E-state index contributed by atoms with van der Waals surface area (Å²) in [5, 5.41) is 10.1. The maximum absolute atomic E-state index is 12.2. The summed E-state index contributed by atoms with van der Waals surface area (Å²) in [5.41, 5.74) is 2.63. The number of phenolic OH excluding ortho intramolecular Hbond substituents is 1. The van der Waals surface area contributed by atoms with Crippen LogP contribution in [-0.4, -0.2) is 35.8 Å². The summed E-state index contributed by atoms with van der Waals surface area (Å²) in [4.78, 5) is 2.79. The van der Waals surface area contributed by atoms with Gasteiger partial charge in [-0.05, 0) is 82.3 Å². The van der Waals surface area contributed by atoms with E-state index in [0.29, 0.717) is 17.2 Å². The summed E-state index contributed by atoms with van der Waals surface area (Å²) >= 11 is 0. The Morgan fingerprint density at radius 3 is 2.35 bits per heavy atom. The number of ether oxygens (including phenoxy) is 1. The number of hydrogen-bond acceptors (Lipinski definition) is 5. The lowest BCUT2D eigenvalue weighted by Crippen LogP contribution is -2.40. The van der Waals surface area contributed by atoms with E-state index < -0.39 is 9.84 Å². The first-order chi connectivity index (χ1) is 13.8. The van der Waals surface area contributed by atoms with E-state index in [4.69, 9.17) is 4.74 Å². The molecule has 0 aliphatic carbocycles. The largest absolute Gasteiger partial charge is 0.504 e. The fraction of sp³-hybridized carbons (Fsp3) is 0.500. The Labute approximate surface area is 192 Å². The molecule has 1 N–H and O–H groups in total. The van der Waals surface area contributed by atoms with Gasteiger partial charge in [0.1, 0.15) is 5.60 Å². The second-order valence-electron chi connectivity index (χ2n) is 9.85. The molecular weight excluding hydrogens is 434 g/mol. The summed E-state index contributed by atoms with van der Waals surface area (Å²) in [6.45, 7) is 11.7. The van der Waals surface area contributed by atoms with Gasteiger partial charge in [0.25, 0.3) is 0 Å². The molecule has 0 bridgehead atoms. The highest BCUT2D eigenvalue weighted by molar-refractivity contribution is 7.90. The van der Waals surface area contributed by atoms with Crippen LogP contribution in [0.25, 0.3) is 0 Å². The van der Waals surface area contributed by atoms with Crippen molar-refractivity contribution in [1.82, 2.24) is 4.90 Å². The van der Waals surface area contributed by atoms with Crippen LogP contribution in [0.3, 0.4) is 0 Å². The Morgan fingerprint density at radius 1 is 1.06 bits per heavy atom. The number of aromatic hydroxyl groups is 1. The third kappa shape index (κ3) is 6.15. The molecule has 31 heavy (non-hydrogen) atoms. The van der Waals surface area contributed by atoms with Gasteiger partial charge in [-0.15, -0.1) is 12.4 Å². The average molecular weight is 468 g/mol. The van der Waals surface area contributed by atoms with Crippen molar-refractivity contribution in [3.63, 3.8) is 0 Å². The first kappa shape index (κ1) is 25.5. The smallest absolute Gasteiger partial charge is 0.175 e. The van der Waals surface area contributed by atoms with E-state index in [1.807, 2.05) is 45.0 Å². The van der Waals surface area contributed by atoms with E-state index in [0.717, 1.165) is 36.1 Å². The summed E-state index contributed by atoms with van der Waals surface area (Å²) in [5.74, 6) is 0.653. The Balaban J connectivity index is 0.00000341. The van der Waals surface area contributed by atoms with Crippen LogP contribution in [0.1, 0.15) is 57.7 Å². The lowest BCUT2D eigenvalue weighted by Gasteiger charge is -2.35. The zero-order valence-corrected chi connectivity index (χ0v) is 20.9. The van der Waals surface area contributed by atoms with E-state index in [2.05, 4.69) is 18.7 Å². The molecule has 0 fully saturated rings. The first-order valence-corrected chi connectivity index (χ1v) is 12.2. The van der Waals surface area contributed by atoms with Crippen molar-refractivity contribution in [2.24, 2.45) is 0 Å². The van der Waals surface area contributed by atoms with Crippen LogP contribution in [0, 0.1) is 0 Å².